The number of para-hydroxylation sites is 1. The number of phenols is 1. The number of rotatable bonds is 4. The van der Waals surface area contributed by atoms with Gasteiger partial charge in [0.2, 0.25) is 6.93 Å². The minimum atomic E-state index is -1.75. The minimum Gasteiger partial charge on any atom is -0.504 e. The molecule has 3 atom stereocenters. The lowest BCUT2D eigenvalue weighted by atomic mass is 9.88. The highest BCUT2D eigenvalue weighted by Crippen LogP contribution is 2.34. The van der Waals surface area contributed by atoms with Crippen LogP contribution >= 0.6 is 0 Å². The summed E-state index contributed by atoms with van der Waals surface area (Å²) in [5.41, 5.74) is 14.1. The number of hydrogen-bond donors (Lipinski definition) is 5. The number of piperidine rings is 1. The Balaban J connectivity index is 0.00000103. The highest BCUT2D eigenvalue weighted by molar-refractivity contribution is 5.70. The minimum absolute atomic E-state index is 0.157. The van der Waals surface area contributed by atoms with Crippen LogP contribution in [-0.2, 0) is 0 Å². The average Bonchev–Trinajstić information content (AvgIpc) is 3.21. The van der Waals surface area contributed by atoms with Crippen LogP contribution in [0, 0.1) is 5.82 Å². The summed E-state index contributed by atoms with van der Waals surface area (Å²) in [6.45, 7) is 5.48. The van der Waals surface area contributed by atoms with Crippen molar-refractivity contribution in [2.24, 2.45) is 11.5 Å². The molecule has 4 rings (SSSR count). The van der Waals surface area contributed by atoms with Crippen LogP contribution in [0.4, 0.5) is 13.2 Å². The fourth-order valence-corrected chi connectivity index (χ4v) is 5.27. The first-order valence-corrected chi connectivity index (χ1v) is 11.6. The summed E-state index contributed by atoms with van der Waals surface area (Å²) in [4.78, 5) is 4.85. The van der Waals surface area contributed by atoms with Gasteiger partial charge >= 0.3 is 0 Å². The smallest absolute Gasteiger partial charge is 0.229 e. The van der Waals surface area contributed by atoms with E-state index in [-0.39, 0.29) is 16.8 Å². The van der Waals surface area contributed by atoms with Crippen molar-refractivity contribution < 1.29 is 18.3 Å². The summed E-state index contributed by atoms with van der Waals surface area (Å²) in [5.74, 6) is -0.576. The summed E-state index contributed by atoms with van der Waals surface area (Å²) >= 11 is 0. The summed E-state index contributed by atoms with van der Waals surface area (Å²) in [6, 6.07) is 5.63. The van der Waals surface area contributed by atoms with Gasteiger partial charge in [-0.1, -0.05) is 6.07 Å². The van der Waals surface area contributed by atoms with Gasteiger partial charge in [0.15, 0.2) is 11.6 Å². The number of benzene rings is 1. The predicted octanol–water partition coefficient (Wildman–Crippen LogP) is 2.35. The maximum atomic E-state index is 13.8. The summed E-state index contributed by atoms with van der Waals surface area (Å²) in [7, 11) is 2.24. The number of halogens is 3. The molecule has 0 amide bonds. The highest BCUT2D eigenvalue weighted by atomic mass is 19.3. The maximum Gasteiger partial charge on any atom is 0.229 e. The number of nitrogens with two attached hydrogens (primary N) is 2. The van der Waals surface area contributed by atoms with Gasteiger partial charge in [-0.05, 0) is 64.9 Å². The van der Waals surface area contributed by atoms with Crippen molar-refractivity contribution in [3.05, 3.63) is 47.2 Å². The second-order valence-corrected chi connectivity index (χ2v) is 9.83. The number of likely N-dealkylation sites (N-methyl/N-ethyl adjacent to an activating group) is 1. The average molecular weight is 483 g/mol. The van der Waals surface area contributed by atoms with Gasteiger partial charge in [0.25, 0.3) is 0 Å². The first-order valence-electron chi connectivity index (χ1n) is 11.6. The molecule has 0 spiro atoms. The van der Waals surface area contributed by atoms with Gasteiger partial charge < -0.3 is 32.1 Å². The van der Waals surface area contributed by atoms with Crippen molar-refractivity contribution in [2.45, 2.75) is 56.8 Å². The lowest BCUT2D eigenvalue weighted by Crippen LogP contribution is -2.54. The van der Waals surface area contributed by atoms with E-state index >= 15 is 0 Å². The van der Waals surface area contributed by atoms with Gasteiger partial charge in [0.1, 0.15) is 5.82 Å². The molecule has 0 bridgehead atoms. The van der Waals surface area contributed by atoms with Crippen LogP contribution in [0.5, 0.6) is 5.75 Å². The zero-order valence-electron chi connectivity index (χ0n) is 20.1. The molecule has 1 aromatic rings. The normalized spacial score (nSPS) is 26.6. The molecule has 0 saturated carbocycles. The second kappa shape index (κ2) is 10.8. The molecule has 2 saturated heterocycles. The Morgan fingerprint density at radius 1 is 1.32 bits per heavy atom. The second-order valence-electron chi connectivity index (χ2n) is 9.83. The van der Waals surface area contributed by atoms with Crippen molar-refractivity contribution in [3.63, 3.8) is 0 Å². The van der Waals surface area contributed by atoms with E-state index in [1.807, 2.05) is 0 Å². The zero-order chi connectivity index (χ0) is 25.0. The Hall–Kier alpha value is -2.59. The summed E-state index contributed by atoms with van der Waals surface area (Å²) in [5, 5.41) is 17.0. The molecule has 7 nitrogen and oxygen atoms in total. The fraction of sp³-hybridized carbons (Fsp3) is 0.583. The first kappa shape index (κ1) is 26.0. The third kappa shape index (κ3) is 5.72. The molecule has 7 N–H and O–H groups in total. The molecule has 3 unspecified atom stereocenters. The van der Waals surface area contributed by atoms with Crippen molar-refractivity contribution in [1.29, 1.82) is 0 Å². The zero-order valence-corrected chi connectivity index (χ0v) is 20.1. The highest BCUT2D eigenvalue weighted by Gasteiger charge is 2.41. The molecule has 34 heavy (non-hydrogen) atoms. The Bertz CT molecular complexity index is 922. The van der Waals surface area contributed by atoms with E-state index in [0.29, 0.717) is 23.9 Å². The standard InChI is InChI=1S/C23H35FN6O.CH2F2/c1-23(2)11-14(7-8-28-23)29(3)16-9-15-12-27-22(26)20(30(15)13-16)10-19(25)17-5-4-6-18(24)21(17)31;2-1-3/h4-6,10,14-16,27-28,31H,7-9,11-13,25-26H2,1-3H3;1H2/b19-10-;. The molecule has 1 aromatic carbocycles. The van der Waals surface area contributed by atoms with Crippen LogP contribution in [0.2, 0.25) is 0 Å². The molecular weight excluding hydrogens is 445 g/mol. The Morgan fingerprint density at radius 3 is 2.71 bits per heavy atom. The van der Waals surface area contributed by atoms with Crippen LogP contribution in [0.25, 0.3) is 5.70 Å². The lowest BCUT2D eigenvalue weighted by Gasteiger charge is -2.42. The van der Waals surface area contributed by atoms with E-state index < -0.39 is 18.5 Å². The van der Waals surface area contributed by atoms with E-state index in [0.717, 1.165) is 44.6 Å². The van der Waals surface area contributed by atoms with Crippen LogP contribution in [0.3, 0.4) is 0 Å². The molecule has 3 aliphatic heterocycles. The van der Waals surface area contributed by atoms with Gasteiger partial charge in [-0.15, -0.1) is 0 Å². The lowest BCUT2D eigenvalue weighted by molar-refractivity contribution is 0.108. The predicted molar refractivity (Wildman–Crippen MR) is 128 cm³/mol. The topological polar surface area (TPSA) is 103 Å². The maximum absolute atomic E-state index is 13.8. The van der Waals surface area contributed by atoms with Crippen LogP contribution in [0.15, 0.2) is 35.8 Å². The summed E-state index contributed by atoms with van der Waals surface area (Å²) in [6.07, 6.45) is 5.07. The molecular formula is C24H37F3N6O. The molecule has 0 aromatic heterocycles. The molecule has 10 heteroatoms. The number of nitrogens with one attached hydrogen (secondary N) is 2. The van der Waals surface area contributed by atoms with Gasteiger partial charge in [-0.2, -0.15) is 0 Å². The molecule has 0 aliphatic carbocycles. The third-order valence-electron chi connectivity index (χ3n) is 7.07. The number of alkyl halides is 2. The molecule has 190 valence electrons. The fourth-order valence-electron chi connectivity index (χ4n) is 5.27. The SMILES string of the molecule is CN(C1CC2CNC(N)=C(/C=C(\N)c3cccc(F)c3O)N2C1)C1CCNC(C)(C)C1.FCF. The molecule has 3 heterocycles. The van der Waals surface area contributed by atoms with E-state index in [1.54, 1.807) is 12.1 Å². The number of allylic oxidation sites excluding steroid dienone is 1. The quantitative estimate of drug-likeness (QED) is 0.449. The number of hydrogen-bond acceptors (Lipinski definition) is 7. The van der Waals surface area contributed by atoms with E-state index in [2.05, 4.69) is 41.3 Å². The number of phenolic OH excluding ortho intramolecular Hbond substituents is 1. The molecule has 3 aliphatic rings. The summed E-state index contributed by atoms with van der Waals surface area (Å²) < 4.78 is 33.0. The van der Waals surface area contributed by atoms with Gasteiger partial charge in [0, 0.05) is 48.0 Å². The Labute approximate surface area is 199 Å². The van der Waals surface area contributed by atoms with E-state index in [4.69, 9.17) is 11.5 Å². The van der Waals surface area contributed by atoms with Crippen molar-refractivity contribution in [2.75, 3.05) is 33.6 Å². The van der Waals surface area contributed by atoms with Crippen molar-refractivity contribution in [1.82, 2.24) is 20.4 Å². The number of nitrogens with zero attached hydrogens (tertiary/aromatic N) is 2. The third-order valence-corrected chi connectivity index (χ3v) is 7.07. The van der Waals surface area contributed by atoms with Crippen LogP contribution in [-0.4, -0.2) is 72.2 Å². The van der Waals surface area contributed by atoms with Gasteiger partial charge in [-0.25, -0.2) is 13.2 Å². The largest absolute Gasteiger partial charge is 0.504 e. The van der Waals surface area contributed by atoms with Crippen LogP contribution < -0.4 is 22.1 Å². The van der Waals surface area contributed by atoms with E-state index in [1.165, 1.54) is 12.1 Å². The van der Waals surface area contributed by atoms with Crippen molar-refractivity contribution in [3.8, 4) is 5.75 Å². The van der Waals surface area contributed by atoms with Crippen molar-refractivity contribution >= 4 is 5.70 Å². The monoisotopic (exact) mass is 482 g/mol. The first-order chi connectivity index (χ1) is 16.1. The molecule has 0 radical (unpaired) electrons. The van der Waals surface area contributed by atoms with E-state index in [9.17, 15) is 18.3 Å². The van der Waals surface area contributed by atoms with Gasteiger partial charge in [0.05, 0.1) is 5.70 Å². The molecule has 2 fully saturated rings. The number of aromatic hydroxyl groups is 1. The number of fused-ring (bicyclic) bond motifs is 1. The van der Waals surface area contributed by atoms with Crippen LogP contribution in [0.1, 0.15) is 38.7 Å². The Kier molecular flexibility index (Phi) is 8.25. The van der Waals surface area contributed by atoms with Gasteiger partial charge in [-0.3, -0.25) is 4.90 Å². The Morgan fingerprint density at radius 2 is 2.03 bits per heavy atom.